The summed E-state index contributed by atoms with van der Waals surface area (Å²) in [7, 11) is 0. The maximum absolute atomic E-state index is 8.49. The standard InChI is InChI=1S/C10H7ClN2O/c11-10(13-14)8-5-7-3-1-2-4-9(7)12-6-8/h1-6,14H. The number of halogens is 1. The third-order valence-corrected chi connectivity index (χ3v) is 2.21. The summed E-state index contributed by atoms with van der Waals surface area (Å²) < 4.78 is 0. The molecule has 1 aromatic heterocycles. The fraction of sp³-hybridized carbons (Fsp3) is 0. The minimum Gasteiger partial charge on any atom is -0.410 e. The van der Waals surface area contributed by atoms with Gasteiger partial charge in [-0.2, -0.15) is 0 Å². The van der Waals surface area contributed by atoms with Crippen molar-refractivity contribution in [2.24, 2.45) is 5.16 Å². The van der Waals surface area contributed by atoms with Crippen LogP contribution in [0.3, 0.4) is 0 Å². The molecule has 0 atom stereocenters. The summed E-state index contributed by atoms with van der Waals surface area (Å²) in [5, 5.41) is 12.4. The highest BCUT2D eigenvalue weighted by Crippen LogP contribution is 2.14. The van der Waals surface area contributed by atoms with Gasteiger partial charge in [0.2, 0.25) is 0 Å². The number of aromatic nitrogens is 1. The Kier molecular flexibility index (Phi) is 2.33. The molecule has 0 aliphatic rings. The second kappa shape index (κ2) is 3.64. The predicted octanol–water partition coefficient (Wildman–Crippen LogP) is 2.61. The Labute approximate surface area is 85.6 Å². The molecule has 0 saturated heterocycles. The zero-order valence-corrected chi connectivity index (χ0v) is 7.94. The summed E-state index contributed by atoms with van der Waals surface area (Å²) in [5.41, 5.74) is 1.49. The highest BCUT2D eigenvalue weighted by atomic mass is 35.5. The lowest BCUT2D eigenvalue weighted by Gasteiger charge is -1.99. The summed E-state index contributed by atoms with van der Waals surface area (Å²) in [6.07, 6.45) is 1.57. The SMILES string of the molecule is ON=C(Cl)c1cnc2ccccc2c1. The van der Waals surface area contributed by atoms with Crippen LogP contribution in [-0.2, 0) is 0 Å². The number of fused-ring (bicyclic) bond motifs is 1. The lowest BCUT2D eigenvalue weighted by molar-refractivity contribution is 0.321. The molecular weight excluding hydrogens is 200 g/mol. The van der Waals surface area contributed by atoms with E-state index in [4.69, 9.17) is 16.8 Å². The van der Waals surface area contributed by atoms with Gasteiger partial charge in [-0.1, -0.05) is 35.0 Å². The molecule has 0 amide bonds. The van der Waals surface area contributed by atoms with Gasteiger partial charge < -0.3 is 5.21 Å². The fourth-order valence-electron chi connectivity index (χ4n) is 1.24. The van der Waals surface area contributed by atoms with E-state index in [0.717, 1.165) is 10.9 Å². The number of nitrogens with zero attached hydrogens (tertiary/aromatic N) is 2. The van der Waals surface area contributed by atoms with E-state index in [9.17, 15) is 0 Å². The highest BCUT2D eigenvalue weighted by Gasteiger charge is 2.01. The van der Waals surface area contributed by atoms with Gasteiger partial charge in [-0.15, -0.1) is 0 Å². The minimum absolute atomic E-state index is 0.0447. The van der Waals surface area contributed by atoms with Crippen molar-refractivity contribution in [2.45, 2.75) is 0 Å². The molecule has 2 rings (SSSR count). The maximum Gasteiger partial charge on any atom is 0.176 e. The van der Waals surface area contributed by atoms with E-state index in [1.807, 2.05) is 30.3 Å². The fourth-order valence-corrected chi connectivity index (χ4v) is 1.34. The van der Waals surface area contributed by atoms with E-state index in [2.05, 4.69) is 10.1 Å². The second-order valence-corrected chi connectivity index (χ2v) is 3.17. The van der Waals surface area contributed by atoms with E-state index in [1.54, 1.807) is 6.20 Å². The van der Waals surface area contributed by atoms with Crippen LogP contribution in [0.25, 0.3) is 10.9 Å². The van der Waals surface area contributed by atoms with Crippen molar-refractivity contribution in [1.82, 2.24) is 4.98 Å². The average Bonchev–Trinajstić information content (AvgIpc) is 2.27. The van der Waals surface area contributed by atoms with E-state index in [-0.39, 0.29) is 5.17 Å². The Bertz CT molecular complexity index is 496. The lowest BCUT2D eigenvalue weighted by atomic mass is 10.2. The molecule has 2 aromatic rings. The first-order chi connectivity index (χ1) is 6.81. The number of hydrogen-bond donors (Lipinski definition) is 1. The first-order valence-corrected chi connectivity index (χ1v) is 4.42. The van der Waals surface area contributed by atoms with Crippen molar-refractivity contribution >= 4 is 27.7 Å². The predicted molar refractivity (Wildman–Crippen MR) is 55.9 cm³/mol. The molecule has 1 heterocycles. The van der Waals surface area contributed by atoms with Crippen LogP contribution in [0, 0.1) is 0 Å². The molecule has 0 aliphatic heterocycles. The molecule has 0 radical (unpaired) electrons. The topological polar surface area (TPSA) is 45.5 Å². The summed E-state index contributed by atoms with van der Waals surface area (Å²) in [6.45, 7) is 0. The quantitative estimate of drug-likeness (QED) is 0.443. The van der Waals surface area contributed by atoms with Crippen LogP contribution in [0.1, 0.15) is 5.56 Å². The molecule has 0 fully saturated rings. The van der Waals surface area contributed by atoms with Crippen LogP contribution >= 0.6 is 11.6 Å². The van der Waals surface area contributed by atoms with Crippen molar-refractivity contribution in [3.05, 3.63) is 42.1 Å². The second-order valence-electron chi connectivity index (χ2n) is 2.81. The molecule has 14 heavy (non-hydrogen) atoms. The zero-order chi connectivity index (χ0) is 9.97. The van der Waals surface area contributed by atoms with Crippen LogP contribution in [0.2, 0.25) is 0 Å². The molecule has 0 unspecified atom stereocenters. The molecule has 1 aromatic carbocycles. The number of hydrogen-bond acceptors (Lipinski definition) is 3. The van der Waals surface area contributed by atoms with Crippen LogP contribution in [0.15, 0.2) is 41.7 Å². The number of oxime groups is 1. The molecule has 4 heteroatoms. The summed E-state index contributed by atoms with van der Waals surface area (Å²) in [6, 6.07) is 9.48. The molecule has 1 N–H and O–H groups in total. The van der Waals surface area contributed by atoms with Gasteiger partial charge in [-0.05, 0) is 12.1 Å². The van der Waals surface area contributed by atoms with Crippen molar-refractivity contribution in [2.75, 3.05) is 0 Å². The average molecular weight is 207 g/mol. The van der Waals surface area contributed by atoms with Crippen LogP contribution < -0.4 is 0 Å². The van der Waals surface area contributed by atoms with Crippen LogP contribution in [-0.4, -0.2) is 15.4 Å². The Morgan fingerprint density at radius 1 is 1.36 bits per heavy atom. The molecule has 0 saturated carbocycles. The Morgan fingerprint density at radius 3 is 2.93 bits per heavy atom. The van der Waals surface area contributed by atoms with Gasteiger partial charge in [0.15, 0.2) is 5.17 Å². The number of rotatable bonds is 1. The molecule has 0 spiro atoms. The minimum atomic E-state index is 0.0447. The van der Waals surface area contributed by atoms with Gasteiger partial charge in [-0.25, -0.2) is 0 Å². The van der Waals surface area contributed by atoms with Crippen molar-refractivity contribution in [1.29, 1.82) is 0 Å². The first kappa shape index (κ1) is 8.97. The van der Waals surface area contributed by atoms with E-state index in [0.29, 0.717) is 5.56 Å². The van der Waals surface area contributed by atoms with Crippen molar-refractivity contribution in [3.8, 4) is 0 Å². The summed E-state index contributed by atoms with van der Waals surface area (Å²) in [5.74, 6) is 0. The first-order valence-electron chi connectivity index (χ1n) is 4.04. The summed E-state index contributed by atoms with van der Waals surface area (Å²) in [4.78, 5) is 4.17. The third-order valence-electron chi connectivity index (χ3n) is 1.92. The highest BCUT2D eigenvalue weighted by molar-refractivity contribution is 6.69. The number of para-hydroxylation sites is 1. The van der Waals surface area contributed by atoms with Gasteiger partial charge in [0, 0.05) is 17.1 Å². The van der Waals surface area contributed by atoms with Gasteiger partial charge in [-0.3, -0.25) is 4.98 Å². The van der Waals surface area contributed by atoms with Crippen LogP contribution in [0.5, 0.6) is 0 Å². The Hall–Kier alpha value is -1.61. The van der Waals surface area contributed by atoms with Crippen LogP contribution in [0.4, 0.5) is 0 Å². The Morgan fingerprint density at radius 2 is 2.14 bits per heavy atom. The molecular formula is C10H7ClN2O. The maximum atomic E-state index is 8.49. The molecule has 3 nitrogen and oxygen atoms in total. The molecule has 0 aliphatic carbocycles. The summed E-state index contributed by atoms with van der Waals surface area (Å²) >= 11 is 5.65. The number of pyridine rings is 1. The van der Waals surface area contributed by atoms with E-state index in [1.165, 1.54) is 0 Å². The van der Waals surface area contributed by atoms with Gasteiger partial charge >= 0.3 is 0 Å². The van der Waals surface area contributed by atoms with Crippen molar-refractivity contribution < 1.29 is 5.21 Å². The molecule has 70 valence electrons. The monoisotopic (exact) mass is 206 g/mol. The third kappa shape index (κ3) is 1.54. The van der Waals surface area contributed by atoms with Gasteiger partial charge in [0.05, 0.1) is 5.52 Å². The largest absolute Gasteiger partial charge is 0.410 e. The molecule has 0 bridgehead atoms. The number of benzene rings is 1. The van der Waals surface area contributed by atoms with Gasteiger partial charge in [0.1, 0.15) is 0 Å². The smallest absolute Gasteiger partial charge is 0.176 e. The Balaban J connectivity index is 2.62. The van der Waals surface area contributed by atoms with Crippen molar-refractivity contribution in [3.63, 3.8) is 0 Å². The zero-order valence-electron chi connectivity index (χ0n) is 7.18. The van der Waals surface area contributed by atoms with E-state index >= 15 is 0 Å². The normalized spacial score (nSPS) is 11.9. The lowest BCUT2D eigenvalue weighted by Crippen LogP contribution is -1.92. The van der Waals surface area contributed by atoms with E-state index < -0.39 is 0 Å². The van der Waals surface area contributed by atoms with Gasteiger partial charge in [0.25, 0.3) is 0 Å².